The van der Waals surface area contributed by atoms with E-state index in [0.29, 0.717) is 17.4 Å². The molecule has 0 aromatic heterocycles. The van der Waals surface area contributed by atoms with Gasteiger partial charge in [0.05, 0.1) is 0 Å². The molecule has 2 aliphatic carbocycles. The summed E-state index contributed by atoms with van der Waals surface area (Å²) in [5, 5.41) is 3.38. The zero-order valence-corrected chi connectivity index (χ0v) is 19.8. The summed E-state index contributed by atoms with van der Waals surface area (Å²) in [6.07, 6.45) is 6.20. The number of likely N-dealkylation sites (tertiary alicyclic amines) is 1. The SMILES string of the molecule is C=C(CC1CCC2(C)[C@H]3Cc4ccc(C)c(C)c4[C@@]2(CCN3C)C1(C)C)N[B]C. The molecule has 0 spiro atoms. The highest BCUT2D eigenvalue weighted by atomic mass is 15.2. The summed E-state index contributed by atoms with van der Waals surface area (Å²) in [4.78, 5) is 2.68. The second-order valence-electron chi connectivity index (χ2n) is 11.0. The van der Waals surface area contributed by atoms with Gasteiger partial charge in [-0.2, -0.15) is 0 Å². The Labute approximate surface area is 179 Å². The molecule has 2 nitrogen and oxygen atoms in total. The fourth-order valence-corrected chi connectivity index (χ4v) is 8.05. The number of fused-ring (bicyclic) bond motifs is 1. The molecule has 1 saturated carbocycles. The van der Waals surface area contributed by atoms with Crippen LogP contribution in [-0.2, 0) is 11.8 Å². The van der Waals surface area contributed by atoms with Gasteiger partial charge in [0.15, 0.2) is 0 Å². The van der Waals surface area contributed by atoms with Crippen LogP contribution in [0.3, 0.4) is 0 Å². The number of nitrogens with one attached hydrogen (secondary N) is 1. The molecule has 3 aliphatic rings. The molecule has 2 unspecified atom stereocenters. The van der Waals surface area contributed by atoms with Crippen molar-refractivity contribution in [3.63, 3.8) is 0 Å². The highest BCUT2D eigenvalue weighted by Gasteiger charge is 2.69. The van der Waals surface area contributed by atoms with Crippen LogP contribution in [0.25, 0.3) is 0 Å². The van der Waals surface area contributed by atoms with Gasteiger partial charge in [-0.05, 0) is 104 Å². The van der Waals surface area contributed by atoms with Crippen LogP contribution in [0, 0.1) is 30.6 Å². The summed E-state index contributed by atoms with van der Waals surface area (Å²) in [6.45, 7) is 20.1. The highest BCUT2D eigenvalue weighted by Crippen LogP contribution is 2.71. The van der Waals surface area contributed by atoms with Crippen LogP contribution in [0.15, 0.2) is 24.4 Å². The van der Waals surface area contributed by atoms with Crippen molar-refractivity contribution in [2.75, 3.05) is 13.6 Å². The Bertz CT molecular complexity index is 828. The molecule has 2 fully saturated rings. The Morgan fingerprint density at radius 2 is 1.97 bits per heavy atom. The molecule has 1 aliphatic heterocycles. The molecule has 1 saturated heterocycles. The van der Waals surface area contributed by atoms with E-state index < -0.39 is 0 Å². The lowest BCUT2D eigenvalue weighted by molar-refractivity contribution is -0.157. The summed E-state index contributed by atoms with van der Waals surface area (Å²) in [6, 6.07) is 5.47. The van der Waals surface area contributed by atoms with E-state index in [2.05, 4.69) is 77.3 Å². The van der Waals surface area contributed by atoms with Crippen molar-refractivity contribution >= 4 is 7.41 Å². The van der Waals surface area contributed by atoms with Crippen molar-refractivity contribution in [3.8, 4) is 0 Å². The van der Waals surface area contributed by atoms with Crippen LogP contribution in [0.4, 0.5) is 0 Å². The number of allylic oxidation sites excluding steroid dienone is 1. The van der Waals surface area contributed by atoms with E-state index in [-0.39, 0.29) is 10.8 Å². The van der Waals surface area contributed by atoms with Crippen molar-refractivity contribution in [3.05, 3.63) is 46.7 Å². The lowest BCUT2D eigenvalue weighted by Crippen LogP contribution is -2.72. The first kappa shape index (κ1) is 21.0. The molecule has 4 atom stereocenters. The first-order valence-electron chi connectivity index (χ1n) is 11.6. The minimum absolute atomic E-state index is 0.228. The van der Waals surface area contributed by atoms with Gasteiger partial charge in [-0.3, -0.25) is 0 Å². The third-order valence-corrected chi connectivity index (χ3v) is 9.72. The molecular formula is C26H40BN2. The van der Waals surface area contributed by atoms with Crippen LogP contribution in [0.1, 0.15) is 68.7 Å². The smallest absolute Gasteiger partial charge is 0.239 e. The normalized spacial score (nSPS) is 35.4. The van der Waals surface area contributed by atoms with Crippen molar-refractivity contribution in [1.82, 2.24) is 10.1 Å². The van der Waals surface area contributed by atoms with E-state index in [1.807, 2.05) is 7.41 Å². The molecule has 1 aromatic carbocycles. The zero-order chi connectivity index (χ0) is 21.2. The number of aryl methyl sites for hydroxylation is 1. The van der Waals surface area contributed by atoms with Crippen LogP contribution >= 0.6 is 0 Å². The summed E-state index contributed by atoms with van der Waals surface area (Å²) in [5.74, 6) is 0.658. The number of hydrogen-bond donors (Lipinski definition) is 1. The molecule has 1 heterocycles. The molecule has 157 valence electrons. The predicted molar refractivity (Wildman–Crippen MR) is 125 cm³/mol. The summed E-state index contributed by atoms with van der Waals surface area (Å²) in [5.41, 5.74) is 8.33. The second-order valence-corrected chi connectivity index (χ2v) is 11.0. The second kappa shape index (κ2) is 6.90. The van der Waals surface area contributed by atoms with Gasteiger partial charge in [-0.1, -0.05) is 46.3 Å². The maximum Gasteiger partial charge on any atom is 0.239 e. The first-order valence-corrected chi connectivity index (χ1v) is 11.6. The average Bonchev–Trinajstić information content (AvgIpc) is 2.64. The van der Waals surface area contributed by atoms with Crippen LogP contribution in [0.5, 0.6) is 0 Å². The van der Waals surface area contributed by atoms with E-state index in [1.165, 1.54) is 43.5 Å². The van der Waals surface area contributed by atoms with Gasteiger partial charge in [0.2, 0.25) is 7.41 Å². The monoisotopic (exact) mass is 391 g/mol. The van der Waals surface area contributed by atoms with Crippen molar-refractivity contribution in [2.24, 2.45) is 16.7 Å². The third kappa shape index (κ3) is 2.65. The minimum atomic E-state index is 0.228. The average molecular weight is 391 g/mol. The maximum absolute atomic E-state index is 4.34. The maximum atomic E-state index is 4.34. The lowest BCUT2D eigenvalue weighted by atomic mass is 9.35. The Hall–Kier alpha value is -1.22. The number of benzene rings is 1. The highest BCUT2D eigenvalue weighted by molar-refractivity contribution is 6.30. The largest absolute Gasteiger partial charge is 0.436 e. The number of rotatable bonds is 4. The Balaban J connectivity index is 1.92. The summed E-state index contributed by atoms with van der Waals surface area (Å²) >= 11 is 0. The number of piperidine rings is 1. The van der Waals surface area contributed by atoms with Crippen molar-refractivity contribution in [1.29, 1.82) is 0 Å². The Morgan fingerprint density at radius 3 is 2.66 bits per heavy atom. The van der Waals surface area contributed by atoms with Gasteiger partial charge in [-0.15, -0.1) is 0 Å². The predicted octanol–water partition coefficient (Wildman–Crippen LogP) is 5.40. The van der Waals surface area contributed by atoms with Gasteiger partial charge in [0.25, 0.3) is 0 Å². The standard InChI is InChI=1S/C26H40BN2/c1-17-9-10-20-16-22-25(6)12-11-21(15-18(2)28-27-7)24(4,5)26(25,13-14-29(22)8)23(20)19(17)3/h9-10,21-22,28H,2,11-16H2,1,3-8H3/t21?,22-,25?,26+/m1/s1. The van der Waals surface area contributed by atoms with E-state index in [9.17, 15) is 0 Å². The van der Waals surface area contributed by atoms with Crippen LogP contribution < -0.4 is 5.23 Å². The third-order valence-electron chi connectivity index (χ3n) is 9.72. The van der Waals surface area contributed by atoms with Gasteiger partial charge in [-0.25, -0.2) is 0 Å². The van der Waals surface area contributed by atoms with Gasteiger partial charge >= 0.3 is 0 Å². The Kier molecular flexibility index (Phi) is 5.01. The van der Waals surface area contributed by atoms with Gasteiger partial charge < -0.3 is 10.1 Å². The summed E-state index contributed by atoms with van der Waals surface area (Å²) < 4.78 is 0. The fourth-order valence-electron chi connectivity index (χ4n) is 8.05. The minimum Gasteiger partial charge on any atom is -0.436 e. The van der Waals surface area contributed by atoms with Crippen LogP contribution in [0.2, 0.25) is 6.82 Å². The molecule has 1 N–H and O–H groups in total. The van der Waals surface area contributed by atoms with Crippen molar-refractivity contribution < 1.29 is 0 Å². The fraction of sp³-hybridized carbons (Fsp3) is 0.692. The molecule has 3 heteroatoms. The molecule has 1 aromatic rings. The first-order chi connectivity index (χ1) is 13.6. The van der Waals surface area contributed by atoms with E-state index in [1.54, 1.807) is 16.7 Å². The van der Waals surface area contributed by atoms with Gasteiger partial charge in [0.1, 0.15) is 0 Å². The van der Waals surface area contributed by atoms with Gasteiger partial charge in [0, 0.05) is 11.5 Å². The molecule has 4 rings (SSSR count). The van der Waals surface area contributed by atoms with E-state index in [0.717, 1.165) is 6.42 Å². The van der Waals surface area contributed by atoms with Crippen LogP contribution in [-0.4, -0.2) is 31.9 Å². The molecule has 0 amide bonds. The molecular weight excluding hydrogens is 351 g/mol. The number of likely N-dealkylation sites (N-methyl/N-ethyl adjacent to an activating group) is 1. The number of nitrogens with zero attached hydrogens (tertiary/aromatic N) is 1. The zero-order valence-electron chi connectivity index (χ0n) is 19.8. The summed E-state index contributed by atoms with van der Waals surface area (Å²) in [7, 11) is 4.39. The molecule has 2 bridgehead atoms. The lowest BCUT2D eigenvalue weighted by Gasteiger charge is -2.72. The van der Waals surface area contributed by atoms with Crippen molar-refractivity contribution in [2.45, 2.75) is 85.0 Å². The molecule has 1 radical (unpaired) electrons. The van der Waals surface area contributed by atoms with E-state index in [4.69, 9.17) is 0 Å². The Morgan fingerprint density at radius 1 is 1.24 bits per heavy atom. The van der Waals surface area contributed by atoms with E-state index >= 15 is 0 Å². The topological polar surface area (TPSA) is 15.3 Å². The number of hydrogen-bond acceptors (Lipinski definition) is 2. The quantitative estimate of drug-likeness (QED) is 0.691. The molecule has 29 heavy (non-hydrogen) atoms.